The van der Waals surface area contributed by atoms with Crippen LogP contribution in [0.4, 0.5) is 0 Å². The van der Waals surface area contributed by atoms with Gasteiger partial charge in [-0.3, -0.25) is 19.4 Å². The first kappa shape index (κ1) is 28.3. The maximum atomic E-state index is 14.7. The highest BCUT2D eigenvalue weighted by Gasteiger charge is 2.58. The molecule has 0 spiro atoms. The molecule has 9 heteroatoms. The van der Waals surface area contributed by atoms with Gasteiger partial charge in [0.05, 0.1) is 28.5 Å². The molecular weight excluding hydrogens is 546 g/mol. The van der Waals surface area contributed by atoms with E-state index in [1.807, 2.05) is 46.7 Å². The quantitative estimate of drug-likeness (QED) is 0.428. The minimum atomic E-state index is -0.857. The Morgan fingerprint density at radius 3 is 2.33 bits per heavy atom. The maximum Gasteiger partial charge on any atom is 0.246 e. The van der Waals surface area contributed by atoms with Gasteiger partial charge in [0, 0.05) is 50.4 Å². The van der Waals surface area contributed by atoms with Crippen molar-refractivity contribution in [3.05, 3.63) is 87.9 Å². The molecule has 4 atom stereocenters. The van der Waals surface area contributed by atoms with E-state index in [1.54, 1.807) is 29.4 Å². The number of rotatable bonds is 6. The number of nitriles is 1. The van der Waals surface area contributed by atoms with Crippen LogP contribution < -0.4 is 5.32 Å². The molecule has 2 saturated heterocycles. The van der Waals surface area contributed by atoms with E-state index in [2.05, 4.69) is 16.4 Å². The third-order valence-electron chi connectivity index (χ3n) is 9.07. The molecule has 1 aromatic carbocycles. The summed E-state index contributed by atoms with van der Waals surface area (Å²) in [7, 11) is 0. The number of hydrogen-bond acceptors (Lipinski definition) is 7. The third-order valence-corrected chi connectivity index (χ3v) is 9.96. The Balaban J connectivity index is 1.56. The van der Waals surface area contributed by atoms with Gasteiger partial charge in [0.15, 0.2) is 5.78 Å². The zero-order valence-electron chi connectivity index (χ0n) is 23.5. The predicted molar refractivity (Wildman–Crippen MR) is 160 cm³/mol. The highest BCUT2D eigenvalue weighted by molar-refractivity contribution is 7.12. The van der Waals surface area contributed by atoms with Gasteiger partial charge < -0.3 is 15.1 Å². The van der Waals surface area contributed by atoms with Gasteiger partial charge >= 0.3 is 0 Å². The molecule has 3 aromatic rings. The highest BCUT2D eigenvalue weighted by atomic mass is 32.1. The van der Waals surface area contributed by atoms with Crippen LogP contribution in [0.15, 0.2) is 66.3 Å². The topological polar surface area (TPSA) is 106 Å². The van der Waals surface area contributed by atoms with Crippen LogP contribution in [0.25, 0.3) is 0 Å². The summed E-state index contributed by atoms with van der Waals surface area (Å²) in [4.78, 5) is 52.5. The second-order valence-electron chi connectivity index (χ2n) is 11.5. The molecule has 6 rings (SSSR count). The van der Waals surface area contributed by atoms with Crippen LogP contribution in [0.5, 0.6) is 0 Å². The monoisotopic (exact) mass is 581 g/mol. The van der Waals surface area contributed by atoms with E-state index in [0.29, 0.717) is 36.6 Å². The van der Waals surface area contributed by atoms with Crippen LogP contribution in [0.2, 0.25) is 0 Å². The number of hydrogen-bond donors (Lipinski definition) is 1. The van der Waals surface area contributed by atoms with E-state index in [1.165, 1.54) is 11.3 Å². The fourth-order valence-electron chi connectivity index (χ4n) is 7.07. The van der Waals surface area contributed by atoms with E-state index in [0.717, 1.165) is 43.2 Å². The van der Waals surface area contributed by atoms with Gasteiger partial charge in [-0.15, -0.1) is 11.3 Å². The zero-order valence-corrected chi connectivity index (χ0v) is 24.3. The fourth-order valence-corrected chi connectivity index (χ4v) is 7.78. The molecule has 1 N–H and O–H groups in total. The Labute approximate surface area is 250 Å². The summed E-state index contributed by atoms with van der Waals surface area (Å²) >= 11 is 1.38. The van der Waals surface area contributed by atoms with Crippen molar-refractivity contribution in [2.75, 3.05) is 26.2 Å². The molecule has 216 valence electrons. The van der Waals surface area contributed by atoms with Crippen LogP contribution in [-0.2, 0) is 9.59 Å². The van der Waals surface area contributed by atoms with Crippen LogP contribution in [0, 0.1) is 23.2 Å². The number of likely N-dealkylation sites (tertiary alicyclic amines) is 1. The largest absolute Gasteiger partial charge is 0.338 e. The summed E-state index contributed by atoms with van der Waals surface area (Å²) in [6, 6.07) is 15.3. The Bertz CT molecular complexity index is 1440. The van der Waals surface area contributed by atoms with Crippen molar-refractivity contribution in [3.63, 3.8) is 0 Å². The maximum absolute atomic E-state index is 14.7. The molecule has 4 heterocycles. The number of nitrogens with one attached hydrogen (secondary N) is 1. The number of carbonyl (C=O) groups is 3. The first-order valence-corrected chi connectivity index (χ1v) is 15.8. The lowest BCUT2D eigenvalue weighted by atomic mass is 9.77. The number of benzene rings is 1. The molecule has 2 aliphatic heterocycles. The highest BCUT2D eigenvalue weighted by Crippen LogP contribution is 2.53. The van der Waals surface area contributed by atoms with Crippen molar-refractivity contribution in [2.45, 2.75) is 50.1 Å². The van der Waals surface area contributed by atoms with Gasteiger partial charge in [-0.05, 0) is 53.6 Å². The fraction of sp³-hybridized carbons (Fsp3) is 0.424. The third kappa shape index (κ3) is 5.37. The molecule has 0 radical (unpaired) electrons. The first-order valence-electron chi connectivity index (χ1n) is 14.9. The summed E-state index contributed by atoms with van der Waals surface area (Å²) in [5.74, 6) is -1.72. The van der Waals surface area contributed by atoms with Crippen molar-refractivity contribution < 1.29 is 14.4 Å². The zero-order chi connectivity index (χ0) is 29.1. The molecule has 1 saturated carbocycles. The normalized spacial score (nSPS) is 24.7. The Kier molecular flexibility index (Phi) is 8.45. The number of amides is 2. The number of pyridine rings is 1. The molecule has 0 bridgehead atoms. The van der Waals surface area contributed by atoms with Crippen LogP contribution in [-0.4, -0.2) is 64.6 Å². The van der Waals surface area contributed by atoms with Gasteiger partial charge in [0.25, 0.3) is 0 Å². The standard InChI is InChI=1S/C33H35N5O3S/c34-20-22-10-12-23(13-11-22)27-28(31(39)26-9-5-19-42-26)29(25-8-4-14-36-21-25)38(32(40)24-6-2-1-3-7-24)30(27)33(41)37-17-15-35-16-18-37/h4-5,8-14,19,21,24,27-30,35H,1-3,6-7,15-18H2. The Hall–Kier alpha value is -3.87. The molecule has 3 fully saturated rings. The number of ketones is 1. The molecule has 1 aliphatic carbocycles. The van der Waals surface area contributed by atoms with Crippen molar-refractivity contribution >= 4 is 28.9 Å². The van der Waals surface area contributed by atoms with Gasteiger partial charge in [-0.2, -0.15) is 5.26 Å². The molecule has 2 aromatic heterocycles. The lowest BCUT2D eigenvalue weighted by Gasteiger charge is -2.38. The summed E-state index contributed by atoms with van der Waals surface area (Å²) in [6.45, 7) is 2.45. The average Bonchev–Trinajstić information content (AvgIpc) is 3.72. The number of nitrogens with zero attached hydrogens (tertiary/aromatic N) is 4. The van der Waals surface area contributed by atoms with Crippen LogP contribution in [0.3, 0.4) is 0 Å². The minimum absolute atomic E-state index is 0.0443. The number of aromatic nitrogens is 1. The lowest BCUT2D eigenvalue weighted by Crippen LogP contribution is -2.55. The van der Waals surface area contributed by atoms with E-state index in [9.17, 15) is 19.6 Å². The Morgan fingerprint density at radius 1 is 0.929 bits per heavy atom. The molecule has 42 heavy (non-hydrogen) atoms. The van der Waals surface area contributed by atoms with Crippen molar-refractivity contribution in [1.82, 2.24) is 20.1 Å². The number of piperazine rings is 1. The first-order chi connectivity index (χ1) is 20.6. The smallest absolute Gasteiger partial charge is 0.246 e. The van der Waals surface area contributed by atoms with Crippen molar-refractivity contribution in [3.8, 4) is 6.07 Å². The minimum Gasteiger partial charge on any atom is -0.338 e. The Morgan fingerprint density at radius 2 is 1.69 bits per heavy atom. The van der Waals surface area contributed by atoms with Crippen molar-refractivity contribution in [1.29, 1.82) is 5.26 Å². The molecule has 4 unspecified atom stereocenters. The predicted octanol–water partition coefficient (Wildman–Crippen LogP) is 4.56. The summed E-state index contributed by atoms with van der Waals surface area (Å²) in [5.41, 5.74) is 2.04. The van der Waals surface area contributed by atoms with Gasteiger partial charge in [0.1, 0.15) is 6.04 Å². The van der Waals surface area contributed by atoms with E-state index in [-0.39, 0.29) is 23.5 Å². The molecule has 3 aliphatic rings. The van der Waals surface area contributed by atoms with Gasteiger partial charge in [0.2, 0.25) is 11.8 Å². The number of Topliss-reactive ketones (excluding diaryl/α,β-unsaturated/α-hetero) is 1. The molecular formula is C33H35N5O3S. The van der Waals surface area contributed by atoms with E-state index in [4.69, 9.17) is 0 Å². The van der Waals surface area contributed by atoms with Crippen molar-refractivity contribution in [2.24, 2.45) is 11.8 Å². The van der Waals surface area contributed by atoms with Gasteiger partial charge in [-0.25, -0.2) is 0 Å². The molecule has 2 amide bonds. The second-order valence-corrected chi connectivity index (χ2v) is 12.4. The average molecular weight is 582 g/mol. The lowest BCUT2D eigenvalue weighted by molar-refractivity contribution is -0.149. The summed E-state index contributed by atoms with van der Waals surface area (Å²) in [5, 5.41) is 14.7. The van der Waals surface area contributed by atoms with E-state index < -0.39 is 23.9 Å². The van der Waals surface area contributed by atoms with Crippen LogP contribution >= 0.6 is 11.3 Å². The number of thiophene rings is 1. The number of carbonyl (C=O) groups excluding carboxylic acids is 3. The summed E-state index contributed by atoms with van der Waals surface area (Å²) < 4.78 is 0. The molecule has 8 nitrogen and oxygen atoms in total. The SMILES string of the molecule is N#Cc1ccc(C2C(C(=O)c3cccs3)C(c3cccnc3)N(C(=O)C3CCCCC3)C2C(=O)N2CCNCC2)cc1. The van der Waals surface area contributed by atoms with Crippen LogP contribution in [0.1, 0.15) is 70.4 Å². The van der Waals surface area contributed by atoms with Gasteiger partial charge in [-0.1, -0.05) is 43.5 Å². The summed E-state index contributed by atoms with van der Waals surface area (Å²) in [6.07, 6.45) is 8.05. The second kappa shape index (κ2) is 12.6. The van der Waals surface area contributed by atoms with E-state index >= 15 is 0 Å².